The number of H-pyrrole nitrogens is 1. The summed E-state index contributed by atoms with van der Waals surface area (Å²) >= 11 is 1.67. The summed E-state index contributed by atoms with van der Waals surface area (Å²) in [6.45, 7) is 0. The minimum Gasteiger partial charge on any atom is -0.420 e. The van der Waals surface area contributed by atoms with Gasteiger partial charge in [-0.25, -0.2) is 0 Å². The van der Waals surface area contributed by atoms with Gasteiger partial charge in [0, 0.05) is 4.90 Å². The standard InChI is InChI=1S/C20H16N4OS/c1-26-14-9-7-12(8-10-14)16-15(11-21)19(22)25-20-17(16)18(23-24-20)13-5-3-2-4-6-13/h2-10,16H,22H2,1H3,(H,23,24)/t16-/m0/s1. The van der Waals surface area contributed by atoms with Gasteiger partial charge >= 0.3 is 0 Å². The Bertz CT molecular complexity index is 1020. The lowest BCUT2D eigenvalue weighted by molar-refractivity contribution is 0.379. The van der Waals surface area contributed by atoms with E-state index in [9.17, 15) is 5.26 Å². The first kappa shape index (κ1) is 16.3. The van der Waals surface area contributed by atoms with Crippen LogP contribution in [0.15, 0.2) is 70.9 Å². The Labute approximate surface area is 155 Å². The molecule has 1 atom stereocenters. The molecule has 1 aromatic heterocycles. The molecule has 0 saturated carbocycles. The predicted molar refractivity (Wildman–Crippen MR) is 102 cm³/mol. The fraction of sp³-hybridized carbons (Fsp3) is 0.100. The number of nitrogens with one attached hydrogen (secondary N) is 1. The highest BCUT2D eigenvalue weighted by molar-refractivity contribution is 7.98. The van der Waals surface area contributed by atoms with E-state index in [1.807, 2.05) is 60.9 Å². The number of hydrogen-bond acceptors (Lipinski definition) is 5. The number of nitrogens with two attached hydrogens (primary N) is 1. The summed E-state index contributed by atoms with van der Waals surface area (Å²) in [5.41, 5.74) is 10.0. The molecular weight excluding hydrogens is 344 g/mol. The van der Waals surface area contributed by atoms with Crippen LogP contribution in [0.2, 0.25) is 0 Å². The van der Waals surface area contributed by atoms with Crippen LogP contribution in [0, 0.1) is 11.3 Å². The van der Waals surface area contributed by atoms with Crippen LogP contribution in [0.4, 0.5) is 0 Å². The summed E-state index contributed by atoms with van der Waals surface area (Å²) in [5.74, 6) is 0.193. The van der Waals surface area contributed by atoms with Crippen LogP contribution in [-0.4, -0.2) is 16.5 Å². The smallest absolute Gasteiger partial charge is 0.244 e. The van der Waals surface area contributed by atoms with Gasteiger partial charge in [0.1, 0.15) is 11.6 Å². The van der Waals surface area contributed by atoms with Crippen LogP contribution >= 0.6 is 11.8 Å². The van der Waals surface area contributed by atoms with E-state index in [-0.39, 0.29) is 11.8 Å². The molecule has 2 heterocycles. The Hall–Kier alpha value is -3.17. The molecule has 1 aliphatic rings. The first-order valence-corrected chi connectivity index (χ1v) is 9.30. The van der Waals surface area contributed by atoms with Crippen molar-refractivity contribution in [2.75, 3.05) is 6.26 Å². The number of benzene rings is 2. The lowest BCUT2D eigenvalue weighted by Gasteiger charge is -2.24. The van der Waals surface area contributed by atoms with Crippen LogP contribution in [0.5, 0.6) is 5.88 Å². The zero-order valence-corrected chi connectivity index (χ0v) is 14.9. The van der Waals surface area contributed by atoms with Crippen LogP contribution in [0.25, 0.3) is 11.3 Å². The maximum atomic E-state index is 9.72. The number of rotatable bonds is 3. The van der Waals surface area contributed by atoms with Gasteiger partial charge in [-0.2, -0.15) is 5.26 Å². The van der Waals surface area contributed by atoms with E-state index in [1.165, 1.54) is 0 Å². The third kappa shape index (κ3) is 2.63. The number of thioether (sulfide) groups is 1. The maximum Gasteiger partial charge on any atom is 0.244 e. The van der Waals surface area contributed by atoms with Crippen molar-refractivity contribution in [3.8, 4) is 23.2 Å². The summed E-state index contributed by atoms with van der Waals surface area (Å²) in [6.07, 6.45) is 2.03. The molecule has 0 unspecified atom stereocenters. The number of aromatic nitrogens is 2. The van der Waals surface area contributed by atoms with Gasteiger partial charge in [-0.05, 0) is 29.5 Å². The first-order chi connectivity index (χ1) is 12.7. The molecule has 0 spiro atoms. The molecule has 5 nitrogen and oxygen atoms in total. The van der Waals surface area contributed by atoms with E-state index in [2.05, 4.69) is 16.3 Å². The van der Waals surface area contributed by atoms with Gasteiger partial charge in [0.2, 0.25) is 11.8 Å². The molecule has 4 rings (SSSR count). The van der Waals surface area contributed by atoms with Crippen molar-refractivity contribution < 1.29 is 4.74 Å². The molecule has 0 fully saturated rings. The lowest BCUT2D eigenvalue weighted by Crippen LogP contribution is -2.20. The van der Waals surface area contributed by atoms with Gasteiger partial charge < -0.3 is 10.5 Å². The van der Waals surface area contributed by atoms with Crippen molar-refractivity contribution in [2.45, 2.75) is 10.8 Å². The van der Waals surface area contributed by atoms with E-state index in [4.69, 9.17) is 10.5 Å². The molecule has 0 saturated heterocycles. The second-order valence-corrected chi connectivity index (χ2v) is 6.76. The molecule has 0 aliphatic carbocycles. The van der Waals surface area contributed by atoms with E-state index in [0.29, 0.717) is 11.5 Å². The summed E-state index contributed by atoms with van der Waals surface area (Å²) in [6, 6.07) is 20.2. The Kier molecular flexibility index (Phi) is 4.15. The average Bonchev–Trinajstić information content (AvgIpc) is 3.11. The van der Waals surface area contributed by atoms with Gasteiger partial charge in [-0.15, -0.1) is 16.9 Å². The number of aromatic amines is 1. The minimum absolute atomic E-state index is 0.102. The number of nitriles is 1. The second kappa shape index (κ2) is 6.62. The van der Waals surface area contributed by atoms with Gasteiger partial charge in [0.15, 0.2) is 0 Å². The summed E-state index contributed by atoms with van der Waals surface area (Å²) in [7, 11) is 0. The minimum atomic E-state index is -0.325. The van der Waals surface area contributed by atoms with E-state index in [0.717, 1.165) is 27.3 Å². The number of ether oxygens (including phenoxy) is 1. The van der Waals surface area contributed by atoms with Crippen molar-refractivity contribution in [2.24, 2.45) is 5.73 Å². The first-order valence-electron chi connectivity index (χ1n) is 8.08. The zero-order chi connectivity index (χ0) is 18.1. The van der Waals surface area contributed by atoms with E-state index < -0.39 is 0 Å². The highest BCUT2D eigenvalue weighted by Gasteiger charge is 2.35. The molecule has 6 heteroatoms. The highest BCUT2D eigenvalue weighted by Crippen LogP contribution is 2.45. The molecule has 2 aromatic carbocycles. The molecule has 0 radical (unpaired) electrons. The second-order valence-electron chi connectivity index (χ2n) is 5.88. The Morgan fingerprint density at radius 2 is 1.88 bits per heavy atom. The van der Waals surface area contributed by atoms with Crippen molar-refractivity contribution in [3.63, 3.8) is 0 Å². The van der Waals surface area contributed by atoms with E-state index >= 15 is 0 Å². The fourth-order valence-corrected chi connectivity index (χ4v) is 3.61. The van der Waals surface area contributed by atoms with Gasteiger partial charge in [-0.3, -0.25) is 5.10 Å². The molecule has 0 bridgehead atoms. The third-order valence-corrected chi connectivity index (χ3v) is 5.19. The van der Waals surface area contributed by atoms with Crippen molar-refractivity contribution >= 4 is 11.8 Å². The van der Waals surface area contributed by atoms with Crippen molar-refractivity contribution in [1.82, 2.24) is 10.2 Å². The number of fused-ring (bicyclic) bond motifs is 1. The summed E-state index contributed by atoms with van der Waals surface area (Å²) < 4.78 is 5.62. The van der Waals surface area contributed by atoms with Crippen LogP contribution in [-0.2, 0) is 0 Å². The zero-order valence-electron chi connectivity index (χ0n) is 14.1. The molecule has 3 N–H and O–H groups in total. The maximum absolute atomic E-state index is 9.72. The number of hydrogen-bond donors (Lipinski definition) is 2. The molecule has 1 aliphatic heterocycles. The lowest BCUT2D eigenvalue weighted by atomic mass is 9.83. The monoisotopic (exact) mass is 360 g/mol. The Morgan fingerprint density at radius 1 is 1.15 bits per heavy atom. The largest absolute Gasteiger partial charge is 0.420 e. The quantitative estimate of drug-likeness (QED) is 0.689. The van der Waals surface area contributed by atoms with E-state index in [1.54, 1.807) is 11.8 Å². The fourth-order valence-electron chi connectivity index (χ4n) is 3.20. The normalized spacial score (nSPS) is 15.9. The van der Waals surface area contributed by atoms with Gasteiger partial charge in [0.05, 0.1) is 17.2 Å². The highest BCUT2D eigenvalue weighted by atomic mass is 32.2. The molecule has 26 heavy (non-hydrogen) atoms. The average molecular weight is 360 g/mol. The SMILES string of the molecule is CSc1ccc([C@H]2C(C#N)=C(N)Oc3n[nH]c(-c4ccccc4)c32)cc1. The third-order valence-electron chi connectivity index (χ3n) is 4.45. The Balaban J connectivity index is 1.92. The molecule has 0 amide bonds. The Morgan fingerprint density at radius 3 is 2.54 bits per heavy atom. The molecule has 128 valence electrons. The number of nitrogens with zero attached hydrogens (tertiary/aromatic N) is 2. The molecular formula is C20H16N4OS. The van der Waals surface area contributed by atoms with Crippen LogP contribution in [0.3, 0.4) is 0 Å². The van der Waals surface area contributed by atoms with Crippen LogP contribution in [0.1, 0.15) is 17.0 Å². The summed E-state index contributed by atoms with van der Waals surface area (Å²) in [4.78, 5) is 1.16. The van der Waals surface area contributed by atoms with Gasteiger partial charge in [0.25, 0.3) is 0 Å². The van der Waals surface area contributed by atoms with Gasteiger partial charge in [-0.1, -0.05) is 42.5 Å². The van der Waals surface area contributed by atoms with Crippen LogP contribution < -0.4 is 10.5 Å². The predicted octanol–water partition coefficient (Wildman–Crippen LogP) is 4.02. The van der Waals surface area contributed by atoms with Crippen molar-refractivity contribution in [1.29, 1.82) is 5.26 Å². The number of allylic oxidation sites excluding steroid dienone is 1. The molecule has 3 aromatic rings. The topological polar surface area (TPSA) is 87.7 Å². The summed E-state index contributed by atoms with van der Waals surface area (Å²) in [5, 5.41) is 17.1. The van der Waals surface area contributed by atoms with Crippen molar-refractivity contribution in [3.05, 3.63) is 77.2 Å².